The lowest BCUT2D eigenvalue weighted by molar-refractivity contribution is -0.136. The number of rotatable bonds is 11. The van der Waals surface area contributed by atoms with Crippen LogP contribution in [0.5, 0.6) is 5.75 Å². The molecule has 28 heavy (non-hydrogen) atoms. The number of nitrogens with zero attached hydrogens (tertiary/aromatic N) is 2. The summed E-state index contributed by atoms with van der Waals surface area (Å²) in [5.41, 5.74) is 2.99. The topological polar surface area (TPSA) is 64.4 Å². The average molecular weight is 451 g/mol. The van der Waals surface area contributed by atoms with E-state index in [2.05, 4.69) is 54.8 Å². The zero-order chi connectivity index (χ0) is 20.7. The van der Waals surface area contributed by atoms with Gasteiger partial charge in [-0.3, -0.25) is 9.48 Å². The summed E-state index contributed by atoms with van der Waals surface area (Å²) >= 11 is 3.56. The van der Waals surface area contributed by atoms with E-state index >= 15 is 0 Å². The van der Waals surface area contributed by atoms with Crippen molar-refractivity contribution in [3.8, 4) is 5.75 Å². The van der Waals surface area contributed by atoms with Crippen LogP contribution in [0.2, 0.25) is 0 Å². The molecule has 0 fully saturated rings. The second-order valence-electron chi connectivity index (χ2n) is 7.51. The molecule has 2 rings (SSSR count). The summed E-state index contributed by atoms with van der Waals surface area (Å²) in [7, 11) is 0. The van der Waals surface area contributed by atoms with Gasteiger partial charge in [0.2, 0.25) is 0 Å². The molecule has 1 heterocycles. The minimum atomic E-state index is -0.801. The number of benzene rings is 1. The number of halogens is 1. The fraction of sp³-hybridized carbons (Fsp3) is 0.545. The Kier molecular flexibility index (Phi) is 8.55. The molecule has 0 amide bonds. The Morgan fingerprint density at radius 1 is 1.25 bits per heavy atom. The molecule has 0 aliphatic rings. The molecule has 0 bridgehead atoms. The molecular formula is C22H31BrN2O3. The lowest BCUT2D eigenvalue weighted by atomic mass is 10.1. The van der Waals surface area contributed by atoms with Crippen LogP contribution in [0.25, 0.3) is 0 Å². The summed E-state index contributed by atoms with van der Waals surface area (Å²) in [6, 6.07) is 8.10. The first-order valence-electron chi connectivity index (χ1n) is 10.0. The normalized spacial score (nSPS) is 11.4. The Balaban J connectivity index is 2.25. The van der Waals surface area contributed by atoms with Crippen LogP contribution in [0.1, 0.15) is 69.8 Å². The minimum Gasteiger partial charge on any atom is -0.493 e. The highest BCUT2D eigenvalue weighted by atomic mass is 79.9. The van der Waals surface area contributed by atoms with Crippen LogP contribution >= 0.6 is 15.9 Å². The molecule has 0 aliphatic heterocycles. The molecule has 0 saturated carbocycles. The van der Waals surface area contributed by atoms with Crippen LogP contribution in [0.3, 0.4) is 0 Å². The minimum absolute atomic E-state index is 0.0925. The number of hydrogen-bond acceptors (Lipinski definition) is 3. The van der Waals surface area contributed by atoms with E-state index in [0.29, 0.717) is 31.4 Å². The smallest absolute Gasteiger partial charge is 0.303 e. The molecule has 0 unspecified atom stereocenters. The molecule has 2 aromatic rings. The van der Waals surface area contributed by atoms with Crippen molar-refractivity contribution in [3.63, 3.8) is 0 Å². The summed E-state index contributed by atoms with van der Waals surface area (Å²) in [6.45, 7) is 9.94. The fourth-order valence-corrected chi connectivity index (χ4v) is 3.55. The highest BCUT2D eigenvalue weighted by Gasteiger charge is 2.15. The third-order valence-electron chi connectivity index (χ3n) is 5.02. The third kappa shape index (κ3) is 6.36. The highest BCUT2D eigenvalue weighted by Crippen LogP contribution is 2.27. The quantitative estimate of drug-likeness (QED) is 0.480. The van der Waals surface area contributed by atoms with Crippen LogP contribution in [0.15, 0.2) is 28.7 Å². The van der Waals surface area contributed by atoms with Gasteiger partial charge in [0.25, 0.3) is 0 Å². The van der Waals surface area contributed by atoms with Gasteiger partial charge in [0.1, 0.15) is 5.75 Å². The van der Waals surface area contributed by atoms with E-state index < -0.39 is 5.97 Å². The second kappa shape index (κ2) is 10.6. The number of aromatic nitrogens is 2. The van der Waals surface area contributed by atoms with Crippen molar-refractivity contribution < 1.29 is 14.6 Å². The number of aliphatic carboxylic acids is 1. The van der Waals surface area contributed by atoms with Crippen LogP contribution in [0, 0.1) is 5.92 Å². The standard InChI is InChI=1S/C22H31BrN2O3/c1-5-16(6-2)14-28-21-9-7-18(23)11-17(21)13-25-20(15(3)4)12-19(24-25)8-10-22(26)27/h7,9,11-12,15-16H,5-6,8,10,13-14H2,1-4H3,(H,26,27). The van der Waals surface area contributed by atoms with Crippen LogP contribution < -0.4 is 4.74 Å². The monoisotopic (exact) mass is 450 g/mol. The van der Waals surface area contributed by atoms with Crippen molar-refractivity contribution in [2.75, 3.05) is 6.61 Å². The molecule has 0 spiro atoms. The van der Waals surface area contributed by atoms with E-state index in [1.165, 1.54) is 0 Å². The Morgan fingerprint density at radius 2 is 1.96 bits per heavy atom. The van der Waals surface area contributed by atoms with E-state index in [4.69, 9.17) is 9.84 Å². The molecule has 1 N–H and O–H groups in total. The van der Waals surface area contributed by atoms with Crippen molar-refractivity contribution in [3.05, 3.63) is 45.7 Å². The largest absolute Gasteiger partial charge is 0.493 e. The SMILES string of the molecule is CCC(CC)COc1ccc(Br)cc1Cn1nc(CCC(=O)O)cc1C(C)C. The maximum atomic E-state index is 10.9. The molecule has 154 valence electrons. The van der Waals surface area contributed by atoms with Crippen molar-refractivity contribution in [2.24, 2.45) is 5.92 Å². The molecule has 1 aromatic carbocycles. The van der Waals surface area contributed by atoms with Gasteiger partial charge in [-0.2, -0.15) is 5.10 Å². The Labute approximate surface area is 176 Å². The lowest BCUT2D eigenvalue weighted by Crippen LogP contribution is -2.13. The third-order valence-corrected chi connectivity index (χ3v) is 5.51. The predicted octanol–water partition coefficient (Wildman–Crippen LogP) is 5.65. The zero-order valence-electron chi connectivity index (χ0n) is 17.2. The van der Waals surface area contributed by atoms with Crippen molar-refractivity contribution >= 4 is 21.9 Å². The number of carbonyl (C=O) groups is 1. The summed E-state index contributed by atoms with van der Waals surface area (Å²) in [5, 5.41) is 13.6. The molecule has 5 nitrogen and oxygen atoms in total. The first kappa shape index (κ1) is 22.5. The van der Waals surface area contributed by atoms with Gasteiger partial charge in [-0.25, -0.2) is 0 Å². The molecule has 0 aliphatic carbocycles. The molecule has 0 atom stereocenters. The van der Waals surface area contributed by atoms with E-state index in [1.807, 2.05) is 22.9 Å². The summed E-state index contributed by atoms with van der Waals surface area (Å²) in [4.78, 5) is 10.9. The van der Waals surface area contributed by atoms with Crippen LogP contribution in [-0.4, -0.2) is 27.5 Å². The summed E-state index contributed by atoms with van der Waals surface area (Å²) in [5.74, 6) is 0.930. The summed E-state index contributed by atoms with van der Waals surface area (Å²) in [6.07, 6.45) is 2.74. The Hall–Kier alpha value is -1.82. The lowest BCUT2D eigenvalue weighted by Gasteiger charge is -2.18. The van der Waals surface area contributed by atoms with E-state index in [9.17, 15) is 4.79 Å². The van der Waals surface area contributed by atoms with Gasteiger partial charge in [0, 0.05) is 22.2 Å². The highest BCUT2D eigenvalue weighted by molar-refractivity contribution is 9.10. The molecule has 1 aromatic heterocycles. The van der Waals surface area contributed by atoms with Crippen LogP contribution in [-0.2, 0) is 17.8 Å². The zero-order valence-corrected chi connectivity index (χ0v) is 18.8. The molecule has 6 heteroatoms. The number of carboxylic acids is 1. The first-order valence-corrected chi connectivity index (χ1v) is 10.8. The molecular weight excluding hydrogens is 420 g/mol. The molecule has 0 saturated heterocycles. The molecule has 0 radical (unpaired) electrons. The van der Waals surface area contributed by atoms with Gasteiger partial charge in [-0.15, -0.1) is 0 Å². The van der Waals surface area contributed by atoms with Crippen molar-refractivity contribution in [2.45, 2.75) is 65.8 Å². The fourth-order valence-electron chi connectivity index (χ4n) is 3.14. The van der Waals surface area contributed by atoms with Crippen LogP contribution in [0.4, 0.5) is 0 Å². The van der Waals surface area contributed by atoms with Gasteiger partial charge in [-0.05, 0) is 36.1 Å². The Morgan fingerprint density at radius 3 is 2.57 bits per heavy atom. The van der Waals surface area contributed by atoms with Crippen molar-refractivity contribution in [1.82, 2.24) is 9.78 Å². The maximum absolute atomic E-state index is 10.9. The van der Waals surface area contributed by atoms with E-state index in [-0.39, 0.29) is 6.42 Å². The van der Waals surface area contributed by atoms with E-state index in [0.717, 1.165) is 40.0 Å². The summed E-state index contributed by atoms with van der Waals surface area (Å²) < 4.78 is 9.14. The van der Waals surface area contributed by atoms with Gasteiger partial charge >= 0.3 is 5.97 Å². The first-order chi connectivity index (χ1) is 13.3. The van der Waals surface area contributed by atoms with Gasteiger partial charge in [0.05, 0.1) is 25.3 Å². The second-order valence-corrected chi connectivity index (χ2v) is 8.43. The number of aryl methyl sites for hydroxylation is 1. The van der Waals surface area contributed by atoms with Gasteiger partial charge in [0.15, 0.2) is 0 Å². The average Bonchev–Trinajstić information content (AvgIpc) is 3.05. The van der Waals surface area contributed by atoms with Gasteiger partial charge < -0.3 is 9.84 Å². The number of hydrogen-bond donors (Lipinski definition) is 1. The number of carboxylic acid groups (broad SMARTS) is 1. The Bertz CT molecular complexity index is 782. The van der Waals surface area contributed by atoms with Crippen molar-refractivity contribution in [1.29, 1.82) is 0 Å². The van der Waals surface area contributed by atoms with E-state index in [1.54, 1.807) is 0 Å². The number of ether oxygens (including phenoxy) is 1. The maximum Gasteiger partial charge on any atom is 0.303 e. The predicted molar refractivity (Wildman–Crippen MR) is 115 cm³/mol. The van der Waals surface area contributed by atoms with Gasteiger partial charge in [-0.1, -0.05) is 56.5 Å².